The van der Waals surface area contributed by atoms with E-state index in [1.54, 1.807) is 0 Å². The Morgan fingerprint density at radius 1 is 0.771 bits per heavy atom. The molecule has 1 aliphatic heterocycles. The summed E-state index contributed by atoms with van der Waals surface area (Å²) < 4.78 is 33.0. The molecule has 1 atom stereocenters. The number of hydrogen-bond donors (Lipinski definition) is 0. The molecule has 0 aliphatic carbocycles. The number of hydrogen-bond acceptors (Lipinski definition) is 4. The second kappa shape index (κ2) is 9.83. The lowest BCUT2D eigenvalue weighted by Crippen LogP contribution is -2.28. The molecular formula is C30H29O4P. The van der Waals surface area contributed by atoms with Gasteiger partial charge in [0.25, 0.3) is 0 Å². The van der Waals surface area contributed by atoms with E-state index in [1.165, 1.54) is 0 Å². The minimum Gasteiger partial charge on any atom is -0.476 e. The van der Waals surface area contributed by atoms with Crippen molar-refractivity contribution < 1.29 is 18.3 Å². The normalized spacial score (nSPS) is 18.1. The number of ether oxygens (including phenoxy) is 1. The molecule has 4 aromatic carbocycles. The largest absolute Gasteiger partial charge is 0.476 e. The highest BCUT2D eigenvalue weighted by atomic mass is 31.2. The van der Waals surface area contributed by atoms with Gasteiger partial charge in [0.05, 0.1) is 18.5 Å². The first-order valence-electron chi connectivity index (χ1n) is 12.0. The van der Waals surface area contributed by atoms with Crippen LogP contribution in [0.2, 0.25) is 0 Å². The van der Waals surface area contributed by atoms with Gasteiger partial charge < -0.3 is 13.8 Å². The fraction of sp³-hybridized carbons (Fsp3) is 0.200. The van der Waals surface area contributed by atoms with Crippen molar-refractivity contribution in [2.45, 2.75) is 25.9 Å². The molecule has 4 aromatic rings. The second-order valence-corrected chi connectivity index (χ2v) is 10.5. The topological polar surface area (TPSA) is 44.8 Å². The van der Waals surface area contributed by atoms with Gasteiger partial charge >= 0.3 is 7.60 Å². The summed E-state index contributed by atoms with van der Waals surface area (Å²) in [5, 5.41) is 2.79. The van der Waals surface area contributed by atoms with Crippen LogP contribution >= 0.6 is 7.60 Å². The van der Waals surface area contributed by atoms with Crippen molar-refractivity contribution in [3.63, 3.8) is 0 Å². The molecule has 4 nitrogen and oxygen atoms in total. The minimum atomic E-state index is -3.62. The highest BCUT2D eigenvalue weighted by Crippen LogP contribution is 2.66. The van der Waals surface area contributed by atoms with Gasteiger partial charge in [-0.05, 0) is 24.6 Å². The lowest BCUT2D eigenvalue weighted by Gasteiger charge is -2.32. The van der Waals surface area contributed by atoms with Crippen LogP contribution in [0.3, 0.4) is 0 Å². The van der Waals surface area contributed by atoms with E-state index < -0.39 is 13.2 Å². The molecule has 5 heteroatoms. The first-order chi connectivity index (χ1) is 17.1. The van der Waals surface area contributed by atoms with Crippen LogP contribution in [-0.4, -0.2) is 13.2 Å². The molecule has 1 aliphatic rings. The summed E-state index contributed by atoms with van der Waals surface area (Å²) >= 11 is 0. The van der Waals surface area contributed by atoms with Crippen LogP contribution in [-0.2, 0) is 24.0 Å². The number of rotatable bonds is 8. The Morgan fingerprint density at radius 3 is 2.06 bits per heavy atom. The Labute approximate surface area is 206 Å². The van der Waals surface area contributed by atoms with Crippen LogP contribution in [0.15, 0.2) is 108 Å². The maximum absolute atomic E-state index is 14.2. The predicted octanol–water partition coefficient (Wildman–Crippen LogP) is 8.14. The summed E-state index contributed by atoms with van der Waals surface area (Å²) in [7, 11) is -3.62. The van der Waals surface area contributed by atoms with Gasteiger partial charge in [-0.3, -0.25) is 4.57 Å². The van der Waals surface area contributed by atoms with Crippen LogP contribution in [0.1, 0.15) is 37.0 Å². The molecule has 178 valence electrons. The van der Waals surface area contributed by atoms with E-state index in [-0.39, 0.29) is 13.2 Å². The smallest absolute Gasteiger partial charge is 0.361 e. The Kier molecular flexibility index (Phi) is 6.62. The first kappa shape index (κ1) is 23.6. The van der Waals surface area contributed by atoms with Gasteiger partial charge in [0.15, 0.2) is 5.60 Å². The van der Waals surface area contributed by atoms with Gasteiger partial charge in [-0.15, -0.1) is 0 Å². The predicted molar refractivity (Wildman–Crippen MR) is 141 cm³/mol. The van der Waals surface area contributed by atoms with Gasteiger partial charge in [-0.2, -0.15) is 0 Å². The molecule has 1 unspecified atom stereocenters. The molecule has 0 radical (unpaired) electrons. The van der Waals surface area contributed by atoms with Gasteiger partial charge in [-0.1, -0.05) is 103 Å². The lowest BCUT2D eigenvalue weighted by atomic mass is 9.81. The summed E-state index contributed by atoms with van der Waals surface area (Å²) in [5.74, 6) is 0.563. The van der Waals surface area contributed by atoms with Crippen molar-refractivity contribution in [2.24, 2.45) is 0 Å². The molecule has 1 heterocycles. The zero-order chi connectivity index (χ0) is 24.3. The van der Waals surface area contributed by atoms with Gasteiger partial charge in [0.1, 0.15) is 5.76 Å². The van der Waals surface area contributed by atoms with E-state index in [4.69, 9.17) is 13.8 Å². The Balaban J connectivity index is 1.79. The highest BCUT2D eigenvalue weighted by Gasteiger charge is 2.51. The maximum Gasteiger partial charge on any atom is 0.361 e. The molecule has 0 saturated carbocycles. The van der Waals surface area contributed by atoms with Crippen LogP contribution in [0.25, 0.3) is 16.5 Å². The van der Waals surface area contributed by atoms with Crippen molar-refractivity contribution in [1.82, 2.24) is 0 Å². The van der Waals surface area contributed by atoms with Crippen LogP contribution in [0.4, 0.5) is 0 Å². The van der Waals surface area contributed by atoms with Gasteiger partial charge in [0, 0.05) is 23.1 Å². The third-order valence-electron chi connectivity index (χ3n) is 6.38. The van der Waals surface area contributed by atoms with Crippen molar-refractivity contribution in [3.05, 3.63) is 125 Å². The molecular weight excluding hydrogens is 455 g/mol. The SMILES string of the molecule is CCOP(=O)(OCC)C1=C(c2ccccc2)OC(c2ccccc2)(c2cccc3ccccc23)C1. The summed E-state index contributed by atoms with van der Waals surface area (Å²) in [6, 6.07) is 34.5. The van der Waals surface area contributed by atoms with E-state index in [0.29, 0.717) is 17.5 Å². The van der Waals surface area contributed by atoms with E-state index in [0.717, 1.165) is 27.5 Å². The average Bonchev–Trinajstić information content (AvgIpc) is 3.33. The molecule has 0 spiro atoms. The molecule has 0 aromatic heterocycles. The minimum absolute atomic E-state index is 0.273. The van der Waals surface area contributed by atoms with E-state index in [9.17, 15) is 4.57 Å². The van der Waals surface area contributed by atoms with Crippen LogP contribution in [0.5, 0.6) is 0 Å². The van der Waals surface area contributed by atoms with Crippen molar-refractivity contribution in [3.8, 4) is 0 Å². The molecule has 0 fully saturated rings. The van der Waals surface area contributed by atoms with E-state index in [2.05, 4.69) is 42.5 Å². The molecule has 0 N–H and O–H groups in total. The fourth-order valence-electron chi connectivity index (χ4n) is 4.91. The zero-order valence-corrected chi connectivity index (χ0v) is 20.9. The quantitative estimate of drug-likeness (QED) is 0.237. The summed E-state index contributed by atoms with van der Waals surface area (Å²) in [4.78, 5) is 0. The summed E-state index contributed by atoms with van der Waals surface area (Å²) in [6.45, 7) is 4.21. The van der Waals surface area contributed by atoms with Gasteiger partial charge in [0.2, 0.25) is 0 Å². The monoisotopic (exact) mass is 484 g/mol. The van der Waals surface area contributed by atoms with Gasteiger partial charge in [-0.25, -0.2) is 0 Å². The third kappa shape index (κ3) is 4.23. The van der Waals surface area contributed by atoms with Crippen LogP contribution < -0.4 is 0 Å². The molecule has 5 rings (SSSR count). The number of fused-ring (bicyclic) bond motifs is 1. The Hall–Kier alpha value is -3.17. The zero-order valence-electron chi connectivity index (χ0n) is 20.0. The Bertz CT molecular complexity index is 1380. The van der Waals surface area contributed by atoms with Crippen LogP contribution in [0, 0.1) is 0 Å². The van der Waals surface area contributed by atoms with Crippen molar-refractivity contribution >= 4 is 24.1 Å². The molecule has 35 heavy (non-hydrogen) atoms. The lowest BCUT2D eigenvalue weighted by molar-refractivity contribution is 0.102. The maximum atomic E-state index is 14.2. The third-order valence-corrected chi connectivity index (χ3v) is 8.60. The van der Waals surface area contributed by atoms with Crippen molar-refractivity contribution in [2.75, 3.05) is 13.2 Å². The summed E-state index contributed by atoms with van der Waals surface area (Å²) in [5.41, 5.74) is 1.95. The average molecular weight is 485 g/mol. The first-order valence-corrected chi connectivity index (χ1v) is 13.6. The van der Waals surface area contributed by atoms with E-state index in [1.807, 2.05) is 74.5 Å². The molecule has 0 amide bonds. The molecule has 0 bridgehead atoms. The highest BCUT2D eigenvalue weighted by molar-refractivity contribution is 7.58. The van der Waals surface area contributed by atoms with Crippen molar-refractivity contribution in [1.29, 1.82) is 0 Å². The fourth-order valence-corrected chi connectivity index (χ4v) is 6.81. The summed E-state index contributed by atoms with van der Waals surface area (Å²) in [6.07, 6.45) is 0.354. The van der Waals surface area contributed by atoms with E-state index >= 15 is 0 Å². The standard InChI is InChI=1S/C30H29O4P/c1-3-32-35(31,33-4-2)28-22-30(25-18-9-6-10-19-25,34-29(28)24-15-7-5-8-16-24)27-21-13-17-23-14-11-12-20-26(23)27/h5-21H,3-4,22H2,1-2H3. The Morgan fingerprint density at radius 2 is 1.37 bits per heavy atom. The number of benzene rings is 4. The molecule has 0 saturated heterocycles. The second-order valence-electron chi connectivity index (χ2n) is 8.47.